The van der Waals surface area contributed by atoms with Crippen molar-refractivity contribution in [3.8, 4) is 0 Å². The average Bonchev–Trinajstić information content (AvgIpc) is 2.34. The van der Waals surface area contributed by atoms with Gasteiger partial charge in [0.25, 0.3) is 0 Å². The number of hydrogen-bond acceptors (Lipinski definition) is 3. The van der Waals surface area contributed by atoms with Gasteiger partial charge in [-0.25, -0.2) is 9.59 Å². The molecule has 6 nitrogen and oxygen atoms in total. The first-order valence-corrected chi connectivity index (χ1v) is 6.14. The smallest absolute Gasteiger partial charge is 0.335 e. The molecule has 2 amide bonds. The van der Waals surface area contributed by atoms with E-state index in [1.165, 1.54) is 18.2 Å². The summed E-state index contributed by atoms with van der Waals surface area (Å²) in [6.07, 6.45) is 0.805. The molecule has 104 valence electrons. The lowest BCUT2D eigenvalue weighted by atomic mass is 10.2. The topological polar surface area (TPSA) is 90.5 Å². The molecular weight excluding hydrogens is 270 g/mol. The third-order valence-corrected chi connectivity index (χ3v) is 2.51. The second-order valence-corrected chi connectivity index (χ2v) is 4.31. The Balaban J connectivity index is 2.56. The minimum Gasteiger partial charge on any atom is -0.478 e. The molecule has 0 aliphatic rings. The van der Waals surface area contributed by atoms with Crippen molar-refractivity contribution >= 4 is 29.3 Å². The largest absolute Gasteiger partial charge is 0.478 e. The lowest BCUT2D eigenvalue weighted by Gasteiger charge is -2.08. The predicted molar refractivity (Wildman–Crippen MR) is 74.0 cm³/mol. The van der Waals surface area contributed by atoms with Gasteiger partial charge in [-0.2, -0.15) is 0 Å². The van der Waals surface area contributed by atoms with Gasteiger partial charge < -0.3 is 21.1 Å². The Morgan fingerprint density at radius 2 is 2.00 bits per heavy atom. The first-order valence-electron chi connectivity index (χ1n) is 5.76. The van der Waals surface area contributed by atoms with E-state index in [2.05, 4.69) is 16.0 Å². The molecule has 0 heterocycles. The molecule has 0 atom stereocenters. The highest BCUT2D eigenvalue weighted by Crippen LogP contribution is 2.19. The molecule has 0 aliphatic carbocycles. The van der Waals surface area contributed by atoms with Crippen molar-refractivity contribution in [3.05, 3.63) is 28.8 Å². The van der Waals surface area contributed by atoms with Crippen LogP contribution in [0.2, 0.25) is 5.02 Å². The van der Waals surface area contributed by atoms with Gasteiger partial charge in [0, 0.05) is 17.3 Å². The van der Waals surface area contributed by atoms with E-state index < -0.39 is 12.0 Å². The highest BCUT2D eigenvalue weighted by atomic mass is 35.5. The van der Waals surface area contributed by atoms with Crippen molar-refractivity contribution in [3.63, 3.8) is 0 Å². The Hall–Kier alpha value is -1.79. The van der Waals surface area contributed by atoms with Gasteiger partial charge in [0.15, 0.2) is 0 Å². The molecule has 0 aliphatic heterocycles. The monoisotopic (exact) mass is 285 g/mol. The molecule has 1 aromatic rings. The van der Waals surface area contributed by atoms with Crippen molar-refractivity contribution in [1.82, 2.24) is 10.6 Å². The number of carboxylic acid groups (broad SMARTS) is 1. The third-order valence-electron chi connectivity index (χ3n) is 2.29. The summed E-state index contributed by atoms with van der Waals surface area (Å²) in [7, 11) is 1.83. The van der Waals surface area contributed by atoms with Crippen LogP contribution >= 0.6 is 11.6 Å². The Morgan fingerprint density at radius 1 is 1.26 bits per heavy atom. The molecule has 0 saturated carbocycles. The number of aromatic carboxylic acids is 1. The van der Waals surface area contributed by atoms with Crippen LogP contribution in [-0.2, 0) is 0 Å². The summed E-state index contributed by atoms with van der Waals surface area (Å²) in [5, 5.41) is 17.3. The van der Waals surface area contributed by atoms with Crippen LogP contribution in [0.15, 0.2) is 18.2 Å². The van der Waals surface area contributed by atoms with Gasteiger partial charge in [-0.15, -0.1) is 0 Å². The van der Waals surface area contributed by atoms with Crippen LogP contribution in [0.4, 0.5) is 10.5 Å². The number of carbonyl (C=O) groups is 2. The summed E-state index contributed by atoms with van der Waals surface area (Å²) < 4.78 is 0. The van der Waals surface area contributed by atoms with E-state index in [0.29, 0.717) is 12.2 Å². The molecule has 0 spiro atoms. The molecule has 1 rings (SSSR count). The maximum atomic E-state index is 11.5. The van der Waals surface area contributed by atoms with Gasteiger partial charge in [0.05, 0.1) is 5.56 Å². The van der Waals surface area contributed by atoms with E-state index in [4.69, 9.17) is 16.7 Å². The van der Waals surface area contributed by atoms with Crippen molar-refractivity contribution in [2.75, 3.05) is 25.5 Å². The zero-order valence-corrected chi connectivity index (χ0v) is 11.3. The zero-order chi connectivity index (χ0) is 14.3. The summed E-state index contributed by atoms with van der Waals surface area (Å²) in [6, 6.07) is 3.76. The number of nitrogens with one attached hydrogen (secondary N) is 3. The van der Waals surface area contributed by atoms with Gasteiger partial charge in [0.1, 0.15) is 0 Å². The predicted octanol–water partition coefficient (Wildman–Crippen LogP) is 1.77. The molecule has 0 saturated heterocycles. The van der Waals surface area contributed by atoms with E-state index in [9.17, 15) is 9.59 Å². The van der Waals surface area contributed by atoms with Gasteiger partial charge in [-0.05, 0) is 38.2 Å². The van der Waals surface area contributed by atoms with Crippen LogP contribution in [-0.4, -0.2) is 37.2 Å². The minimum atomic E-state index is -1.10. The SMILES string of the molecule is CNCCCNC(=O)Nc1cc(Cl)cc(C(=O)O)c1. The number of carbonyl (C=O) groups excluding carboxylic acids is 1. The molecule has 7 heteroatoms. The van der Waals surface area contributed by atoms with Crippen molar-refractivity contribution in [2.45, 2.75) is 6.42 Å². The second-order valence-electron chi connectivity index (χ2n) is 3.87. The van der Waals surface area contributed by atoms with Crippen LogP contribution in [0, 0.1) is 0 Å². The van der Waals surface area contributed by atoms with E-state index in [1.807, 2.05) is 7.05 Å². The molecule has 0 unspecified atom stereocenters. The van der Waals surface area contributed by atoms with Crippen LogP contribution in [0.1, 0.15) is 16.8 Å². The molecule has 19 heavy (non-hydrogen) atoms. The molecule has 4 N–H and O–H groups in total. The van der Waals surface area contributed by atoms with Crippen molar-refractivity contribution in [2.24, 2.45) is 0 Å². The first kappa shape index (κ1) is 15.3. The summed E-state index contributed by atoms with van der Waals surface area (Å²) in [6.45, 7) is 1.33. The Morgan fingerprint density at radius 3 is 2.63 bits per heavy atom. The normalized spacial score (nSPS) is 10.0. The van der Waals surface area contributed by atoms with Crippen LogP contribution in [0.3, 0.4) is 0 Å². The summed E-state index contributed by atoms with van der Waals surface area (Å²) >= 11 is 5.78. The minimum absolute atomic E-state index is 0.0259. The van der Waals surface area contributed by atoms with Crippen LogP contribution in [0.25, 0.3) is 0 Å². The summed E-state index contributed by atoms with van der Waals surface area (Å²) in [4.78, 5) is 22.4. The fraction of sp³-hybridized carbons (Fsp3) is 0.333. The molecule has 0 bridgehead atoms. The quantitative estimate of drug-likeness (QED) is 0.600. The number of hydrogen-bond donors (Lipinski definition) is 4. The van der Waals surface area contributed by atoms with Crippen molar-refractivity contribution in [1.29, 1.82) is 0 Å². The standard InChI is InChI=1S/C12H16ClN3O3/c1-14-3-2-4-15-12(19)16-10-6-8(11(17)18)5-9(13)7-10/h5-7,14H,2-4H2,1H3,(H,17,18)(H2,15,16,19). The fourth-order valence-corrected chi connectivity index (χ4v) is 1.66. The Labute approximate surface area is 116 Å². The van der Waals surface area contributed by atoms with Gasteiger partial charge in [-0.3, -0.25) is 0 Å². The number of halogens is 1. The highest BCUT2D eigenvalue weighted by Gasteiger charge is 2.08. The van der Waals surface area contributed by atoms with E-state index in [-0.39, 0.29) is 10.6 Å². The van der Waals surface area contributed by atoms with E-state index >= 15 is 0 Å². The van der Waals surface area contributed by atoms with Crippen molar-refractivity contribution < 1.29 is 14.7 Å². The number of urea groups is 1. The van der Waals surface area contributed by atoms with Gasteiger partial charge >= 0.3 is 12.0 Å². The lowest BCUT2D eigenvalue weighted by Crippen LogP contribution is -2.30. The number of benzene rings is 1. The second kappa shape index (κ2) is 7.60. The van der Waals surface area contributed by atoms with Gasteiger partial charge in [-0.1, -0.05) is 11.6 Å². The van der Waals surface area contributed by atoms with E-state index in [1.54, 1.807) is 0 Å². The molecule has 0 aromatic heterocycles. The molecule has 1 aromatic carbocycles. The highest BCUT2D eigenvalue weighted by molar-refractivity contribution is 6.31. The summed E-state index contributed by atoms with van der Waals surface area (Å²) in [5.41, 5.74) is 0.369. The number of carboxylic acids is 1. The maximum absolute atomic E-state index is 11.5. The number of amides is 2. The van der Waals surface area contributed by atoms with Crippen LogP contribution in [0.5, 0.6) is 0 Å². The zero-order valence-electron chi connectivity index (χ0n) is 10.5. The molecular formula is C12H16ClN3O3. The van der Waals surface area contributed by atoms with Gasteiger partial charge in [0.2, 0.25) is 0 Å². The maximum Gasteiger partial charge on any atom is 0.335 e. The number of rotatable bonds is 6. The van der Waals surface area contributed by atoms with E-state index in [0.717, 1.165) is 13.0 Å². The molecule has 0 radical (unpaired) electrons. The third kappa shape index (κ3) is 5.58. The Bertz CT molecular complexity index is 466. The Kier molecular flexibility index (Phi) is 6.11. The molecule has 0 fully saturated rings. The first-order chi connectivity index (χ1) is 9.02. The fourth-order valence-electron chi connectivity index (χ4n) is 1.43. The van der Waals surface area contributed by atoms with Crippen LogP contribution < -0.4 is 16.0 Å². The lowest BCUT2D eigenvalue weighted by molar-refractivity contribution is 0.0697. The average molecular weight is 286 g/mol. The number of anilines is 1. The summed E-state index contributed by atoms with van der Waals surface area (Å²) in [5.74, 6) is -1.10.